The van der Waals surface area contributed by atoms with Gasteiger partial charge in [0.05, 0.1) is 13.0 Å². The van der Waals surface area contributed by atoms with Gasteiger partial charge in [0, 0.05) is 0 Å². The molecule has 0 amide bonds. The minimum atomic E-state index is -0.0933. The van der Waals surface area contributed by atoms with Gasteiger partial charge in [0.1, 0.15) is 0 Å². The van der Waals surface area contributed by atoms with E-state index in [-0.39, 0.29) is 5.97 Å². The van der Waals surface area contributed by atoms with E-state index in [0.717, 1.165) is 0 Å². The third kappa shape index (κ3) is 4.45. The number of allylic oxidation sites excluding steroid dienone is 1. The molecule has 0 spiro atoms. The summed E-state index contributed by atoms with van der Waals surface area (Å²) in [6.07, 6.45) is 10.2. The first-order valence-electron chi connectivity index (χ1n) is 5.66. The molecule has 0 bridgehead atoms. The Morgan fingerprint density at radius 3 is 2.50 bits per heavy atom. The van der Waals surface area contributed by atoms with E-state index in [4.69, 9.17) is 4.74 Å². The van der Waals surface area contributed by atoms with Gasteiger partial charge < -0.3 is 4.74 Å². The molecule has 0 unspecified atom stereocenters. The van der Waals surface area contributed by atoms with Crippen LogP contribution in [0, 0.1) is 0 Å². The summed E-state index contributed by atoms with van der Waals surface area (Å²) in [6, 6.07) is 0. The Hall–Kier alpha value is -0.790. The lowest BCUT2D eigenvalue weighted by Crippen LogP contribution is -2.02. The van der Waals surface area contributed by atoms with Crippen molar-refractivity contribution >= 4 is 5.97 Å². The smallest absolute Gasteiger partial charge is 0.309 e. The van der Waals surface area contributed by atoms with Crippen LogP contribution < -0.4 is 0 Å². The SMILES string of the molecule is CCOC(=O)CC=C1CCCCCC1. The number of ether oxygens (including phenoxy) is 1. The fourth-order valence-corrected chi connectivity index (χ4v) is 1.83. The second kappa shape index (κ2) is 6.63. The molecule has 1 fully saturated rings. The highest BCUT2D eigenvalue weighted by Crippen LogP contribution is 2.22. The maximum Gasteiger partial charge on any atom is 0.309 e. The molecule has 1 aliphatic rings. The van der Waals surface area contributed by atoms with Gasteiger partial charge in [-0.25, -0.2) is 0 Å². The highest BCUT2D eigenvalue weighted by atomic mass is 16.5. The minimum Gasteiger partial charge on any atom is -0.466 e. The van der Waals surface area contributed by atoms with E-state index in [1.807, 2.05) is 6.92 Å². The Morgan fingerprint density at radius 1 is 1.29 bits per heavy atom. The van der Waals surface area contributed by atoms with Crippen LogP contribution in [0.15, 0.2) is 11.6 Å². The van der Waals surface area contributed by atoms with Crippen LogP contribution in [-0.4, -0.2) is 12.6 Å². The largest absolute Gasteiger partial charge is 0.466 e. The molecule has 1 aliphatic carbocycles. The Labute approximate surface area is 86.3 Å². The van der Waals surface area contributed by atoms with E-state index in [1.165, 1.54) is 44.1 Å². The first-order valence-corrected chi connectivity index (χ1v) is 5.66. The Bertz CT molecular complexity index is 196. The van der Waals surface area contributed by atoms with Gasteiger partial charge in [0.15, 0.2) is 0 Å². The van der Waals surface area contributed by atoms with Crippen LogP contribution >= 0.6 is 0 Å². The average molecular weight is 196 g/mol. The average Bonchev–Trinajstić information content (AvgIpc) is 2.43. The molecule has 0 radical (unpaired) electrons. The number of carbonyl (C=O) groups excluding carboxylic acids is 1. The summed E-state index contributed by atoms with van der Waals surface area (Å²) in [6.45, 7) is 2.33. The molecule has 1 rings (SSSR count). The third-order valence-corrected chi connectivity index (χ3v) is 2.61. The summed E-state index contributed by atoms with van der Waals surface area (Å²) in [5, 5.41) is 0. The summed E-state index contributed by atoms with van der Waals surface area (Å²) in [5.41, 5.74) is 1.45. The van der Waals surface area contributed by atoms with Crippen LogP contribution in [0.1, 0.15) is 51.9 Å². The van der Waals surface area contributed by atoms with Gasteiger partial charge in [-0.2, -0.15) is 0 Å². The van der Waals surface area contributed by atoms with E-state index in [9.17, 15) is 4.79 Å². The van der Waals surface area contributed by atoms with Gasteiger partial charge in [0.2, 0.25) is 0 Å². The molecule has 1 saturated carbocycles. The summed E-state index contributed by atoms with van der Waals surface area (Å²) < 4.78 is 4.88. The van der Waals surface area contributed by atoms with Crippen LogP contribution in [0.2, 0.25) is 0 Å². The second-order valence-electron chi connectivity index (χ2n) is 3.79. The molecule has 0 saturated heterocycles. The Balaban J connectivity index is 2.30. The summed E-state index contributed by atoms with van der Waals surface area (Å²) >= 11 is 0. The lowest BCUT2D eigenvalue weighted by atomic mass is 10.1. The quantitative estimate of drug-likeness (QED) is 0.393. The van der Waals surface area contributed by atoms with Crippen molar-refractivity contribution in [2.75, 3.05) is 6.61 Å². The van der Waals surface area contributed by atoms with Gasteiger partial charge >= 0.3 is 5.97 Å². The summed E-state index contributed by atoms with van der Waals surface area (Å²) in [7, 11) is 0. The zero-order chi connectivity index (χ0) is 10.2. The number of rotatable bonds is 3. The van der Waals surface area contributed by atoms with E-state index in [0.29, 0.717) is 13.0 Å². The van der Waals surface area contributed by atoms with Gasteiger partial charge in [-0.15, -0.1) is 0 Å². The van der Waals surface area contributed by atoms with E-state index in [2.05, 4.69) is 6.08 Å². The van der Waals surface area contributed by atoms with Gasteiger partial charge in [-0.3, -0.25) is 4.79 Å². The van der Waals surface area contributed by atoms with Crippen LogP contribution in [0.4, 0.5) is 0 Å². The highest BCUT2D eigenvalue weighted by molar-refractivity contribution is 5.71. The zero-order valence-electron chi connectivity index (χ0n) is 9.05. The van der Waals surface area contributed by atoms with Gasteiger partial charge in [-0.05, 0) is 32.6 Å². The first kappa shape index (κ1) is 11.3. The van der Waals surface area contributed by atoms with Gasteiger partial charge in [-0.1, -0.05) is 24.5 Å². The van der Waals surface area contributed by atoms with Gasteiger partial charge in [0.25, 0.3) is 0 Å². The molecule has 0 aliphatic heterocycles. The van der Waals surface area contributed by atoms with Crippen molar-refractivity contribution in [3.63, 3.8) is 0 Å². The lowest BCUT2D eigenvalue weighted by molar-refractivity contribution is -0.142. The number of hydrogen-bond donors (Lipinski definition) is 0. The fourth-order valence-electron chi connectivity index (χ4n) is 1.83. The third-order valence-electron chi connectivity index (χ3n) is 2.61. The lowest BCUT2D eigenvalue weighted by Gasteiger charge is -2.02. The van der Waals surface area contributed by atoms with Crippen molar-refractivity contribution in [1.29, 1.82) is 0 Å². The van der Waals surface area contributed by atoms with Crippen molar-refractivity contribution < 1.29 is 9.53 Å². The molecule has 14 heavy (non-hydrogen) atoms. The predicted molar refractivity (Wildman–Crippen MR) is 57.0 cm³/mol. The Morgan fingerprint density at radius 2 is 1.93 bits per heavy atom. The number of hydrogen-bond acceptors (Lipinski definition) is 2. The topological polar surface area (TPSA) is 26.3 Å². The van der Waals surface area contributed by atoms with Crippen LogP contribution in [-0.2, 0) is 9.53 Å². The van der Waals surface area contributed by atoms with Crippen LogP contribution in [0.3, 0.4) is 0 Å². The first-order chi connectivity index (χ1) is 6.83. The number of esters is 1. The molecule has 0 atom stereocenters. The van der Waals surface area contributed by atoms with Crippen molar-refractivity contribution in [2.45, 2.75) is 51.9 Å². The monoisotopic (exact) mass is 196 g/mol. The van der Waals surface area contributed by atoms with E-state index in [1.54, 1.807) is 0 Å². The molecule has 0 aromatic rings. The van der Waals surface area contributed by atoms with Crippen molar-refractivity contribution in [3.05, 3.63) is 11.6 Å². The maximum absolute atomic E-state index is 11.1. The van der Waals surface area contributed by atoms with E-state index >= 15 is 0 Å². The Kier molecular flexibility index (Phi) is 5.35. The van der Waals surface area contributed by atoms with Crippen molar-refractivity contribution in [1.82, 2.24) is 0 Å². The van der Waals surface area contributed by atoms with Crippen LogP contribution in [0.5, 0.6) is 0 Å². The second-order valence-corrected chi connectivity index (χ2v) is 3.79. The molecular formula is C12H20O2. The normalized spacial score (nSPS) is 17.4. The molecule has 0 heterocycles. The molecule has 0 N–H and O–H groups in total. The highest BCUT2D eigenvalue weighted by Gasteiger charge is 2.05. The van der Waals surface area contributed by atoms with E-state index < -0.39 is 0 Å². The molecule has 0 aromatic carbocycles. The fraction of sp³-hybridized carbons (Fsp3) is 0.750. The van der Waals surface area contributed by atoms with Crippen LogP contribution in [0.25, 0.3) is 0 Å². The molecule has 0 aromatic heterocycles. The predicted octanol–water partition coefficient (Wildman–Crippen LogP) is 3.22. The van der Waals surface area contributed by atoms with Crippen molar-refractivity contribution in [3.8, 4) is 0 Å². The maximum atomic E-state index is 11.1. The van der Waals surface area contributed by atoms with Crippen molar-refractivity contribution in [2.24, 2.45) is 0 Å². The molecular weight excluding hydrogens is 176 g/mol. The standard InChI is InChI=1S/C12H20O2/c1-2-14-12(13)10-9-11-7-5-3-4-6-8-11/h9H,2-8,10H2,1H3. The molecule has 2 heteroatoms. The molecule has 80 valence electrons. The summed E-state index contributed by atoms with van der Waals surface area (Å²) in [4.78, 5) is 11.1. The summed E-state index contributed by atoms with van der Waals surface area (Å²) in [5.74, 6) is -0.0933. The molecule has 2 nitrogen and oxygen atoms in total. The number of carbonyl (C=O) groups is 1. The minimum absolute atomic E-state index is 0.0933. The zero-order valence-corrected chi connectivity index (χ0v) is 9.05.